The van der Waals surface area contributed by atoms with Crippen LogP contribution in [0.1, 0.15) is 5.56 Å². The van der Waals surface area contributed by atoms with Crippen LogP contribution in [0.5, 0.6) is 0 Å². The van der Waals surface area contributed by atoms with Crippen LogP contribution in [0.2, 0.25) is 0 Å². The molecule has 1 atom stereocenters. The summed E-state index contributed by atoms with van der Waals surface area (Å²) in [6.45, 7) is 2.05. The van der Waals surface area contributed by atoms with Crippen LogP contribution in [-0.4, -0.2) is 35.8 Å². The number of nitrogens with zero attached hydrogens (tertiary/aromatic N) is 2. The molecule has 1 aliphatic rings. The molecule has 1 aromatic carbocycles. The van der Waals surface area contributed by atoms with Crippen molar-refractivity contribution in [2.75, 3.05) is 19.3 Å². The van der Waals surface area contributed by atoms with Gasteiger partial charge >= 0.3 is 0 Å². The van der Waals surface area contributed by atoms with Gasteiger partial charge in [0.1, 0.15) is 5.37 Å². The Labute approximate surface area is 95.4 Å². The van der Waals surface area contributed by atoms with E-state index in [0.717, 1.165) is 18.8 Å². The molecule has 80 valence electrons. The lowest BCUT2D eigenvalue weighted by molar-refractivity contribution is 0.330. The molecule has 0 saturated heterocycles. The van der Waals surface area contributed by atoms with Crippen molar-refractivity contribution < 1.29 is 0 Å². The third kappa shape index (κ3) is 3.36. The summed E-state index contributed by atoms with van der Waals surface area (Å²) in [5.41, 5.74) is 1.37. The van der Waals surface area contributed by atoms with Gasteiger partial charge in [0.05, 0.1) is 0 Å². The molecule has 1 aromatic rings. The second kappa shape index (κ2) is 5.33. The largest absolute Gasteiger partial charge is 0.299 e. The molecule has 0 radical (unpaired) electrons. The van der Waals surface area contributed by atoms with Gasteiger partial charge in [0, 0.05) is 25.1 Å². The molecule has 0 fully saturated rings. The van der Waals surface area contributed by atoms with Crippen LogP contribution < -0.4 is 0 Å². The lowest BCUT2D eigenvalue weighted by Crippen LogP contribution is -2.25. The first kappa shape index (κ1) is 10.7. The van der Waals surface area contributed by atoms with E-state index < -0.39 is 0 Å². The predicted octanol–water partition coefficient (Wildman–Crippen LogP) is 2.26. The number of rotatable bonds is 4. The Bertz CT molecular complexity index is 324. The third-order valence-corrected chi connectivity index (χ3v) is 3.40. The van der Waals surface area contributed by atoms with Crippen molar-refractivity contribution in [3.05, 3.63) is 35.9 Å². The normalized spacial score (nSPS) is 20.0. The van der Waals surface area contributed by atoms with Crippen molar-refractivity contribution in [1.82, 2.24) is 4.90 Å². The van der Waals surface area contributed by atoms with Crippen molar-refractivity contribution in [1.29, 1.82) is 0 Å². The molecular formula is C12H16N2S. The fraction of sp³-hybridized carbons (Fsp3) is 0.417. The van der Waals surface area contributed by atoms with Crippen LogP contribution in [0, 0.1) is 0 Å². The maximum atomic E-state index is 4.41. The molecule has 0 aliphatic carbocycles. The molecule has 0 saturated carbocycles. The topological polar surface area (TPSA) is 15.6 Å². The van der Waals surface area contributed by atoms with Crippen molar-refractivity contribution in [2.24, 2.45) is 4.99 Å². The van der Waals surface area contributed by atoms with Crippen LogP contribution in [0.25, 0.3) is 0 Å². The second-order valence-electron chi connectivity index (χ2n) is 3.80. The molecule has 3 heteroatoms. The van der Waals surface area contributed by atoms with E-state index >= 15 is 0 Å². The lowest BCUT2D eigenvalue weighted by atomic mass is 10.2. The fourth-order valence-electron chi connectivity index (χ4n) is 1.68. The SMILES string of the molecule is CN(Cc1ccccc1)CC1N=CCS1. The quantitative estimate of drug-likeness (QED) is 0.773. The fourth-order valence-corrected chi connectivity index (χ4v) is 2.61. The van der Waals surface area contributed by atoms with Crippen LogP contribution >= 0.6 is 11.8 Å². The Balaban J connectivity index is 1.82. The molecule has 1 unspecified atom stereocenters. The van der Waals surface area contributed by atoms with Gasteiger partial charge in [-0.15, -0.1) is 11.8 Å². The van der Waals surface area contributed by atoms with E-state index in [-0.39, 0.29) is 0 Å². The summed E-state index contributed by atoms with van der Waals surface area (Å²) in [5, 5.41) is 0.443. The molecule has 0 spiro atoms. The van der Waals surface area contributed by atoms with Gasteiger partial charge in [-0.25, -0.2) is 0 Å². The maximum Gasteiger partial charge on any atom is 0.108 e. The van der Waals surface area contributed by atoms with Gasteiger partial charge in [-0.2, -0.15) is 0 Å². The zero-order chi connectivity index (χ0) is 10.5. The smallest absolute Gasteiger partial charge is 0.108 e. The average molecular weight is 220 g/mol. The van der Waals surface area contributed by atoms with Gasteiger partial charge < -0.3 is 0 Å². The summed E-state index contributed by atoms with van der Waals surface area (Å²) < 4.78 is 0. The summed E-state index contributed by atoms with van der Waals surface area (Å²) in [7, 11) is 2.15. The van der Waals surface area contributed by atoms with Gasteiger partial charge in [-0.3, -0.25) is 9.89 Å². The van der Waals surface area contributed by atoms with Gasteiger partial charge in [0.2, 0.25) is 0 Å². The van der Waals surface area contributed by atoms with Crippen molar-refractivity contribution in [3.8, 4) is 0 Å². The summed E-state index contributed by atoms with van der Waals surface area (Å²) >= 11 is 1.92. The number of likely N-dealkylation sites (N-methyl/N-ethyl adjacent to an activating group) is 1. The van der Waals surface area contributed by atoms with E-state index in [1.54, 1.807) is 0 Å². The van der Waals surface area contributed by atoms with Crippen molar-refractivity contribution >= 4 is 18.0 Å². The molecule has 0 N–H and O–H groups in total. The van der Waals surface area contributed by atoms with Crippen LogP contribution in [0.15, 0.2) is 35.3 Å². The second-order valence-corrected chi connectivity index (χ2v) is 5.01. The molecule has 1 heterocycles. The molecule has 0 bridgehead atoms. The minimum absolute atomic E-state index is 0.443. The van der Waals surface area contributed by atoms with E-state index in [2.05, 4.69) is 47.3 Å². The van der Waals surface area contributed by atoms with Crippen LogP contribution in [0.4, 0.5) is 0 Å². The average Bonchev–Trinajstić information content (AvgIpc) is 2.71. The Morgan fingerprint density at radius 1 is 1.40 bits per heavy atom. The van der Waals surface area contributed by atoms with Gasteiger partial charge in [0.25, 0.3) is 0 Å². The first-order chi connectivity index (χ1) is 7.34. The molecule has 0 aromatic heterocycles. The van der Waals surface area contributed by atoms with E-state index in [1.807, 2.05) is 18.0 Å². The highest BCUT2D eigenvalue weighted by Gasteiger charge is 2.13. The van der Waals surface area contributed by atoms with Crippen molar-refractivity contribution in [2.45, 2.75) is 11.9 Å². The van der Waals surface area contributed by atoms with Crippen molar-refractivity contribution in [3.63, 3.8) is 0 Å². The Morgan fingerprint density at radius 3 is 2.87 bits per heavy atom. The number of benzene rings is 1. The zero-order valence-corrected chi connectivity index (χ0v) is 9.78. The Hall–Kier alpha value is -0.800. The number of thioether (sulfide) groups is 1. The number of hydrogen-bond acceptors (Lipinski definition) is 3. The number of hydrogen-bond donors (Lipinski definition) is 0. The predicted molar refractivity (Wildman–Crippen MR) is 67.5 cm³/mol. The highest BCUT2D eigenvalue weighted by Crippen LogP contribution is 2.17. The van der Waals surface area contributed by atoms with Crippen LogP contribution in [-0.2, 0) is 6.54 Å². The molecule has 1 aliphatic heterocycles. The van der Waals surface area contributed by atoms with Gasteiger partial charge in [0.15, 0.2) is 0 Å². The van der Waals surface area contributed by atoms with E-state index in [1.165, 1.54) is 5.56 Å². The van der Waals surface area contributed by atoms with E-state index in [0.29, 0.717) is 5.37 Å². The Kier molecular flexibility index (Phi) is 3.80. The molecule has 2 rings (SSSR count). The minimum atomic E-state index is 0.443. The monoisotopic (exact) mass is 220 g/mol. The highest BCUT2D eigenvalue weighted by atomic mass is 32.2. The minimum Gasteiger partial charge on any atom is -0.299 e. The van der Waals surface area contributed by atoms with Gasteiger partial charge in [-0.05, 0) is 12.6 Å². The number of aliphatic imine (C=N–C) groups is 1. The first-order valence-electron chi connectivity index (χ1n) is 5.20. The summed E-state index contributed by atoms with van der Waals surface area (Å²) in [6.07, 6.45) is 2.02. The Morgan fingerprint density at radius 2 is 2.20 bits per heavy atom. The first-order valence-corrected chi connectivity index (χ1v) is 6.25. The molecule has 0 amide bonds. The maximum absolute atomic E-state index is 4.41. The summed E-state index contributed by atoms with van der Waals surface area (Å²) in [4.78, 5) is 6.74. The van der Waals surface area contributed by atoms with Crippen LogP contribution in [0.3, 0.4) is 0 Å². The molecular weight excluding hydrogens is 204 g/mol. The molecule has 2 nitrogen and oxygen atoms in total. The summed E-state index contributed by atoms with van der Waals surface area (Å²) in [6, 6.07) is 10.6. The zero-order valence-electron chi connectivity index (χ0n) is 8.97. The summed E-state index contributed by atoms with van der Waals surface area (Å²) in [5.74, 6) is 1.07. The lowest BCUT2D eigenvalue weighted by Gasteiger charge is -2.18. The van der Waals surface area contributed by atoms with E-state index in [9.17, 15) is 0 Å². The standard InChI is InChI=1S/C12H16N2S/c1-14(10-12-13-7-8-15-12)9-11-5-3-2-4-6-11/h2-7,12H,8-10H2,1H3. The molecule has 15 heavy (non-hydrogen) atoms. The highest BCUT2D eigenvalue weighted by molar-refractivity contribution is 8.00. The van der Waals surface area contributed by atoms with Gasteiger partial charge in [-0.1, -0.05) is 30.3 Å². The van der Waals surface area contributed by atoms with E-state index in [4.69, 9.17) is 0 Å². The third-order valence-electron chi connectivity index (χ3n) is 2.40.